The van der Waals surface area contributed by atoms with Crippen molar-refractivity contribution in [2.24, 2.45) is 11.8 Å². The molecule has 2 nitrogen and oxygen atoms in total. The highest BCUT2D eigenvalue weighted by molar-refractivity contribution is 4.80. The van der Waals surface area contributed by atoms with Crippen molar-refractivity contribution in [2.75, 3.05) is 20.3 Å². The quantitative estimate of drug-likeness (QED) is 0.588. The highest BCUT2D eigenvalue weighted by atomic mass is 16.5. The van der Waals surface area contributed by atoms with Gasteiger partial charge in [-0.25, -0.2) is 0 Å². The third-order valence-corrected chi connectivity index (χ3v) is 2.32. The molecule has 0 aromatic heterocycles. The van der Waals surface area contributed by atoms with Crippen LogP contribution in [0.2, 0.25) is 0 Å². The molecular formula is C8H17NO. The molecule has 0 saturated carbocycles. The summed E-state index contributed by atoms with van der Waals surface area (Å²) >= 11 is 0. The minimum absolute atomic E-state index is 0.647. The summed E-state index contributed by atoms with van der Waals surface area (Å²) in [4.78, 5) is 0. The third kappa shape index (κ3) is 1.50. The molecule has 1 aliphatic rings. The highest BCUT2D eigenvalue weighted by Crippen LogP contribution is 2.18. The Morgan fingerprint density at radius 3 is 2.00 bits per heavy atom. The first kappa shape index (κ1) is 8.02. The van der Waals surface area contributed by atoms with Gasteiger partial charge < -0.3 is 10.1 Å². The first-order valence-electron chi connectivity index (χ1n) is 4.00. The van der Waals surface area contributed by atoms with Gasteiger partial charge in [0.1, 0.15) is 0 Å². The van der Waals surface area contributed by atoms with Crippen LogP contribution in [0, 0.1) is 11.8 Å². The van der Waals surface area contributed by atoms with Gasteiger partial charge in [-0.3, -0.25) is 0 Å². The Bertz CT molecular complexity index is 95.4. The molecule has 10 heavy (non-hydrogen) atoms. The third-order valence-electron chi connectivity index (χ3n) is 2.32. The summed E-state index contributed by atoms with van der Waals surface area (Å²) in [7, 11) is 2.03. The van der Waals surface area contributed by atoms with Crippen molar-refractivity contribution in [1.29, 1.82) is 0 Å². The maximum Gasteiger partial charge on any atom is 0.0506 e. The van der Waals surface area contributed by atoms with Crippen molar-refractivity contribution in [2.45, 2.75) is 19.9 Å². The van der Waals surface area contributed by atoms with E-state index >= 15 is 0 Å². The van der Waals surface area contributed by atoms with E-state index < -0.39 is 0 Å². The largest absolute Gasteiger partial charge is 0.381 e. The van der Waals surface area contributed by atoms with Crippen molar-refractivity contribution < 1.29 is 4.74 Å². The molecule has 0 radical (unpaired) electrons. The molecule has 1 aliphatic heterocycles. The first-order chi connectivity index (χ1) is 4.75. The highest BCUT2D eigenvalue weighted by Gasteiger charge is 2.26. The lowest BCUT2D eigenvalue weighted by Gasteiger charge is -2.34. The van der Waals surface area contributed by atoms with Crippen LogP contribution in [0.15, 0.2) is 0 Å². The minimum Gasteiger partial charge on any atom is -0.381 e. The molecule has 2 heteroatoms. The maximum absolute atomic E-state index is 5.39. The van der Waals surface area contributed by atoms with E-state index in [0.717, 1.165) is 13.2 Å². The average molecular weight is 143 g/mol. The molecule has 60 valence electrons. The lowest BCUT2D eigenvalue weighted by atomic mass is 9.90. The summed E-state index contributed by atoms with van der Waals surface area (Å²) in [5, 5.41) is 3.32. The molecule has 1 rings (SSSR count). The van der Waals surface area contributed by atoms with E-state index in [9.17, 15) is 0 Å². The van der Waals surface area contributed by atoms with E-state index in [1.807, 2.05) is 7.05 Å². The van der Waals surface area contributed by atoms with E-state index in [2.05, 4.69) is 19.2 Å². The number of hydrogen-bond acceptors (Lipinski definition) is 2. The number of hydrogen-bond donors (Lipinski definition) is 1. The van der Waals surface area contributed by atoms with Crippen molar-refractivity contribution in [3.8, 4) is 0 Å². The van der Waals surface area contributed by atoms with E-state index in [-0.39, 0.29) is 0 Å². The standard InChI is InChI=1S/C8H17NO/c1-6-4-10-5-7(2)8(6)9-3/h6-9H,4-5H2,1-3H3/t6-,7+,8?. The summed E-state index contributed by atoms with van der Waals surface area (Å²) in [5.74, 6) is 1.32. The van der Waals surface area contributed by atoms with Gasteiger partial charge in [-0.05, 0) is 18.9 Å². The number of nitrogens with one attached hydrogen (secondary N) is 1. The van der Waals surface area contributed by atoms with Gasteiger partial charge in [0.15, 0.2) is 0 Å². The molecule has 0 aliphatic carbocycles. The molecule has 1 heterocycles. The topological polar surface area (TPSA) is 21.3 Å². The summed E-state index contributed by atoms with van der Waals surface area (Å²) in [5.41, 5.74) is 0. The van der Waals surface area contributed by atoms with Crippen LogP contribution in [0.25, 0.3) is 0 Å². The van der Waals surface area contributed by atoms with Crippen molar-refractivity contribution in [3.63, 3.8) is 0 Å². The molecule has 0 bridgehead atoms. The van der Waals surface area contributed by atoms with Crippen LogP contribution in [0.5, 0.6) is 0 Å². The van der Waals surface area contributed by atoms with Gasteiger partial charge in [0, 0.05) is 6.04 Å². The van der Waals surface area contributed by atoms with Crippen LogP contribution in [0.4, 0.5) is 0 Å². The summed E-state index contributed by atoms with van der Waals surface area (Å²) in [6.45, 7) is 6.29. The molecule has 0 aromatic rings. The normalized spacial score (nSPS) is 41.7. The Labute approximate surface area is 63.0 Å². The Hall–Kier alpha value is -0.0800. The molecule has 0 aromatic carbocycles. The molecular weight excluding hydrogens is 126 g/mol. The van der Waals surface area contributed by atoms with Gasteiger partial charge in [0.2, 0.25) is 0 Å². The van der Waals surface area contributed by atoms with Gasteiger partial charge in [0.25, 0.3) is 0 Å². The van der Waals surface area contributed by atoms with E-state index in [1.54, 1.807) is 0 Å². The van der Waals surface area contributed by atoms with Crippen molar-refractivity contribution in [1.82, 2.24) is 5.32 Å². The Balaban J connectivity index is 2.45. The van der Waals surface area contributed by atoms with Gasteiger partial charge in [-0.1, -0.05) is 13.8 Å². The number of rotatable bonds is 1. The van der Waals surface area contributed by atoms with Crippen molar-refractivity contribution >= 4 is 0 Å². The van der Waals surface area contributed by atoms with Gasteiger partial charge >= 0.3 is 0 Å². The Morgan fingerprint density at radius 1 is 1.20 bits per heavy atom. The lowest BCUT2D eigenvalue weighted by molar-refractivity contribution is 0.00419. The molecule has 0 amide bonds. The fraction of sp³-hybridized carbons (Fsp3) is 1.00. The van der Waals surface area contributed by atoms with E-state index in [4.69, 9.17) is 4.74 Å². The molecule has 1 saturated heterocycles. The SMILES string of the molecule is CNC1[C@H](C)COC[C@@H]1C. The fourth-order valence-electron chi connectivity index (χ4n) is 1.78. The van der Waals surface area contributed by atoms with Crippen molar-refractivity contribution in [3.05, 3.63) is 0 Å². The summed E-state index contributed by atoms with van der Waals surface area (Å²) < 4.78 is 5.39. The van der Waals surface area contributed by atoms with Crippen LogP contribution >= 0.6 is 0 Å². The Morgan fingerprint density at radius 2 is 1.70 bits per heavy atom. The monoisotopic (exact) mass is 143 g/mol. The first-order valence-corrected chi connectivity index (χ1v) is 4.00. The van der Waals surface area contributed by atoms with Crippen LogP contribution in [0.1, 0.15) is 13.8 Å². The van der Waals surface area contributed by atoms with Crippen LogP contribution < -0.4 is 5.32 Å². The van der Waals surface area contributed by atoms with Gasteiger partial charge in [0.05, 0.1) is 13.2 Å². The molecule has 3 atom stereocenters. The predicted molar refractivity (Wildman–Crippen MR) is 42.0 cm³/mol. The average Bonchev–Trinajstić information content (AvgIpc) is 1.88. The van der Waals surface area contributed by atoms with E-state index in [0.29, 0.717) is 17.9 Å². The van der Waals surface area contributed by atoms with Crippen LogP contribution in [-0.4, -0.2) is 26.3 Å². The maximum atomic E-state index is 5.39. The summed E-state index contributed by atoms with van der Waals surface area (Å²) in [6, 6.07) is 0.647. The zero-order valence-corrected chi connectivity index (χ0v) is 7.05. The molecule has 1 fully saturated rings. The second-order valence-electron chi connectivity index (χ2n) is 3.31. The summed E-state index contributed by atoms with van der Waals surface area (Å²) in [6.07, 6.45) is 0. The van der Waals surface area contributed by atoms with Gasteiger partial charge in [-0.15, -0.1) is 0 Å². The van der Waals surface area contributed by atoms with Crippen LogP contribution in [0.3, 0.4) is 0 Å². The van der Waals surface area contributed by atoms with Gasteiger partial charge in [-0.2, -0.15) is 0 Å². The minimum atomic E-state index is 0.647. The van der Waals surface area contributed by atoms with Crippen LogP contribution in [-0.2, 0) is 4.74 Å². The number of ether oxygens (including phenoxy) is 1. The zero-order valence-electron chi connectivity index (χ0n) is 7.05. The molecule has 0 spiro atoms. The zero-order chi connectivity index (χ0) is 7.56. The predicted octanol–water partition coefficient (Wildman–Crippen LogP) is 0.877. The molecule has 1 N–H and O–H groups in total. The fourth-order valence-corrected chi connectivity index (χ4v) is 1.78. The molecule has 1 unspecified atom stereocenters. The van der Waals surface area contributed by atoms with E-state index in [1.165, 1.54) is 0 Å². The second kappa shape index (κ2) is 3.35. The second-order valence-corrected chi connectivity index (χ2v) is 3.31. The lowest BCUT2D eigenvalue weighted by Crippen LogP contribution is -2.45. The Kier molecular flexibility index (Phi) is 2.69. The smallest absolute Gasteiger partial charge is 0.0506 e.